The monoisotopic (exact) mass is 286 g/mol. The van der Waals surface area contributed by atoms with Crippen LogP contribution in [0.2, 0.25) is 0 Å². The Labute approximate surface area is 114 Å². The van der Waals surface area contributed by atoms with Crippen molar-refractivity contribution >= 4 is 25.3 Å². The topological polar surface area (TPSA) is 0 Å². The minimum absolute atomic E-state index is 0.429. The zero-order chi connectivity index (χ0) is 13.3. The summed E-state index contributed by atoms with van der Waals surface area (Å²) in [5, 5.41) is 0. The van der Waals surface area contributed by atoms with Gasteiger partial charge in [-0.3, -0.25) is 0 Å². The number of benzene rings is 2. The smallest absolute Gasteiger partial charge is 0.166 e. The van der Waals surface area contributed by atoms with Crippen molar-refractivity contribution in [3.8, 4) is 11.1 Å². The SMILES string of the molecule is FC(F)(F)c1ccc(S)c(-c2ccccc2S)c1. The molecular formula is C13H9F3S2. The molecule has 0 N–H and O–H groups in total. The van der Waals surface area contributed by atoms with E-state index in [-0.39, 0.29) is 0 Å². The Morgan fingerprint density at radius 1 is 0.778 bits per heavy atom. The maximum atomic E-state index is 12.7. The molecule has 0 saturated heterocycles. The van der Waals surface area contributed by atoms with Gasteiger partial charge in [0.2, 0.25) is 0 Å². The molecule has 18 heavy (non-hydrogen) atoms. The van der Waals surface area contributed by atoms with Crippen molar-refractivity contribution in [3.05, 3.63) is 48.0 Å². The fourth-order valence-electron chi connectivity index (χ4n) is 1.63. The molecule has 0 bridgehead atoms. The molecule has 0 saturated carbocycles. The average Bonchev–Trinajstić information content (AvgIpc) is 2.29. The first-order chi connectivity index (χ1) is 8.39. The molecule has 0 aromatic heterocycles. The van der Waals surface area contributed by atoms with Gasteiger partial charge in [-0.2, -0.15) is 13.2 Å². The molecule has 2 aromatic carbocycles. The van der Waals surface area contributed by atoms with E-state index in [2.05, 4.69) is 25.3 Å². The van der Waals surface area contributed by atoms with Crippen molar-refractivity contribution in [2.75, 3.05) is 0 Å². The van der Waals surface area contributed by atoms with E-state index in [4.69, 9.17) is 0 Å². The Hall–Kier alpha value is -1.07. The second-order valence-corrected chi connectivity index (χ2v) is 4.71. The molecule has 0 atom stereocenters. The molecule has 5 heteroatoms. The highest BCUT2D eigenvalue weighted by molar-refractivity contribution is 7.80. The summed E-state index contributed by atoms with van der Waals surface area (Å²) in [6.45, 7) is 0. The van der Waals surface area contributed by atoms with E-state index in [1.165, 1.54) is 6.07 Å². The molecule has 0 nitrogen and oxygen atoms in total. The van der Waals surface area contributed by atoms with Crippen LogP contribution in [0.15, 0.2) is 52.3 Å². The number of halogens is 3. The first-order valence-corrected chi connectivity index (χ1v) is 5.97. The van der Waals surface area contributed by atoms with Crippen molar-refractivity contribution < 1.29 is 13.2 Å². The molecule has 0 aliphatic carbocycles. The minimum atomic E-state index is -4.36. The third-order valence-electron chi connectivity index (χ3n) is 2.52. The third-order valence-corrected chi connectivity index (χ3v) is 3.30. The lowest BCUT2D eigenvalue weighted by atomic mass is 10.0. The van der Waals surface area contributed by atoms with Crippen LogP contribution in [0.25, 0.3) is 11.1 Å². The zero-order valence-corrected chi connectivity index (χ0v) is 10.9. The van der Waals surface area contributed by atoms with Gasteiger partial charge in [-0.05, 0) is 35.4 Å². The second kappa shape index (κ2) is 4.90. The predicted octanol–water partition coefficient (Wildman–Crippen LogP) is 4.95. The maximum absolute atomic E-state index is 12.7. The molecule has 0 aliphatic rings. The Morgan fingerprint density at radius 3 is 2.00 bits per heavy atom. The van der Waals surface area contributed by atoms with E-state index in [1.807, 2.05) is 0 Å². The van der Waals surface area contributed by atoms with E-state index in [0.29, 0.717) is 20.9 Å². The Kier molecular flexibility index (Phi) is 3.64. The highest BCUT2D eigenvalue weighted by Gasteiger charge is 2.31. The molecule has 0 heterocycles. The van der Waals surface area contributed by atoms with Crippen molar-refractivity contribution in [2.45, 2.75) is 16.0 Å². The second-order valence-electron chi connectivity index (χ2n) is 3.75. The summed E-state index contributed by atoms with van der Waals surface area (Å²) in [5.41, 5.74) is 0.377. The van der Waals surface area contributed by atoms with Gasteiger partial charge in [0.05, 0.1) is 5.56 Å². The van der Waals surface area contributed by atoms with Gasteiger partial charge in [0, 0.05) is 9.79 Å². The van der Waals surface area contributed by atoms with Crippen LogP contribution in [0.1, 0.15) is 5.56 Å². The number of alkyl halides is 3. The van der Waals surface area contributed by atoms with E-state index in [1.54, 1.807) is 24.3 Å². The average molecular weight is 286 g/mol. The van der Waals surface area contributed by atoms with E-state index in [9.17, 15) is 13.2 Å². The lowest BCUT2D eigenvalue weighted by Gasteiger charge is -2.12. The Morgan fingerprint density at radius 2 is 1.39 bits per heavy atom. The summed E-state index contributed by atoms with van der Waals surface area (Å²) in [6.07, 6.45) is -4.36. The van der Waals surface area contributed by atoms with Gasteiger partial charge >= 0.3 is 6.18 Å². The highest BCUT2D eigenvalue weighted by Crippen LogP contribution is 2.37. The fourth-order valence-corrected chi connectivity index (χ4v) is 2.17. The fraction of sp³-hybridized carbons (Fsp3) is 0.0769. The summed E-state index contributed by atoms with van der Waals surface area (Å²) < 4.78 is 38.0. The number of thiol groups is 2. The van der Waals surface area contributed by atoms with Gasteiger partial charge in [-0.15, -0.1) is 25.3 Å². The van der Waals surface area contributed by atoms with Crippen LogP contribution in [-0.4, -0.2) is 0 Å². The third kappa shape index (κ3) is 2.67. The van der Waals surface area contributed by atoms with Crippen LogP contribution in [0.5, 0.6) is 0 Å². The van der Waals surface area contributed by atoms with Crippen molar-refractivity contribution in [1.29, 1.82) is 0 Å². The van der Waals surface area contributed by atoms with Crippen LogP contribution >= 0.6 is 25.3 Å². The van der Waals surface area contributed by atoms with Gasteiger partial charge in [0.1, 0.15) is 0 Å². The predicted molar refractivity (Wildman–Crippen MR) is 71.4 cm³/mol. The lowest BCUT2D eigenvalue weighted by molar-refractivity contribution is -0.137. The van der Waals surface area contributed by atoms with Crippen LogP contribution < -0.4 is 0 Å². The van der Waals surface area contributed by atoms with Crippen molar-refractivity contribution in [2.24, 2.45) is 0 Å². The summed E-state index contributed by atoms with van der Waals surface area (Å²) in [6, 6.07) is 10.4. The van der Waals surface area contributed by atoms with E-state index in [0.717, 1.165) is 12.1 Å². The maximum Gasteiger partial charge on any atom is 0.416 e. The van der Waals surface area contributed by atoms with Gasteiger partial charge in [-0.1, -0.05) is 18.2 Å². The number of rotatable bonds is 1. The zero-order valence-electron chi connectivity index (χ0n) is 9.07. The van der Waals surface area contributed by atoms with Crippen LogP contribution in [0.4, 0.5) is 13.2 Å². The largest absolute Gasteiger partial charge is 0.416 e. The lowest BCUT2D eigenvalue weighted by Crippen LogP contribution is -2.04. The molecule has 2 rings (SSSR count). The van der Waals surface area contributed by atoms with E-state index < -0.39 is 11.7 Å². The quantitative estimate of drug-likeness (QED) is 0.681. The van der Waals surface area contributed by atoms with Crippen LogP contribution in [0, 0.1) is 0 Å². The summed E-state index contributed by atoms with van der Waals surface area (Å²) in [7, 11) is 0. The molecule has 0 radical (unpaired) electrons. The molecule has 2 aromatic rings. The molecular weight excluding hydrogens is 277 g/mol. The van der Waals surface area contributed by atoms with Gasteiger partial charge in [-0.25, -0.2) is 0 Å². The molecule has 94 valence electrons. The highest BCUT2D eigenvalue weighted by atomic mass is 32.1. The van der Waals surface area contributed by atoms with E-state index >= 15 is 0 Å². The summed E-state index contributed by atoms with van der Waals surface area (Å²) in [4.78, 5) is 1.11. The van der Waals surface area contributed by atoms with Crippen molar-refractivity contribution in [3.63, 3.8) is 0 Å². The van der Waals surface area contributed by atoms with Crippen LogP contribution in [0.3, 0.4) is 0 Å². The molecule has 0 amide bonds. The molecule has 0 aliphatic heterocycles. The number of hydrogen-bond acceptors (Lipinski definition) is 2. The first-order valence-electron chi connectivity index (χ1n) is 5.08. The van der Waals surface area contributed by atoms with Crippen molar-refractivity contribution in [1.82, 2.24) is 0 Å². The van der Waals surface area contributed by atoms with Crippen LogP contribution in [-0.2, 0) is 6.18 Å². The normalized spacial score (nSPS) is 11.6. The number of hydrogen-bond donors (Lipinski definition) is 2. The minimum Gasteiger partial charge on any atom is -0.166 e. The first kappa shape index (κ1) is 13.4. The van der Waals surface area contributed by atoms with Gasteiger partial charge in [0.15, 0.2) is 0 Å². The standard InChI is InChI=1S/C13H9F3S2/c14-13(15,16)8-5-6-12(18)10(7-8)9-3-1-2-4-11(9)17/h1-7,17-18H. The Bertz CT molecular complexity index is 577. The molecule has 0 fully saturated rings. The van der Waals surface area contributed by atoms with Gasteiger partial charge in [0.25, 0.3) is 0 Å². The summed E-state index contributed by atoms with van der Waals surface area (Å²) >= 11 is 8.45. The molecule has 0 spiro atoms. The Balaban J connectivity index is 2.61. The molecule has 0 unspecified atom stereocenters. The summed E-state index contributed by atoms with van der Waals surface area (Å²) in [5.74, 6) is 0. The van der Waals surface area contributed by atoms with Gasteiger partial charge < -0.3 is 0 Å².